The van der Waals surface area contributed by atoms with Crippen molar-refractivity contribution in [2.75, 3.05) is 18.0 Å². The van der Waals surface area contributed by atoms with Gasteiger partial charge in [-0.05, 0) is 24.4 Å². The second-order valence-corrected chi connectivity index (χ2v) is 6.24. The van der Waals surface area contributed by atoms with E-state index in [0.29, 0.717) is 37.7 Å². The molecule has 7 nitrogen and oxygen atoms in total. The fraction of sp³-hybridized carbons (Fsp3) is 0.500. The molecular formula is C14H16ClFN6O. The molecule has 0 bridgehead atoms. The number of aromatic nitrogens is 5. The van der Waals surface area contributed by atoms with Gasteiger partial charge in [-0.1, -0.05) is 6.92 Å². The minimum Gasteiger partial charge on any atom is -0.341 e. The molecule has 1 fully saturated rings. The number of hydrogen-bond donors (Lipinski definition) is 0. The number of aryl methyl sites for hydroxylation is 1. The highest BCUT2D eigenvalue weighted by Crippen LogP contribution is 2.34. The Kier molecular flexibility index (Phi) is 4.01. The summed E-state index contributed by atoms with van der Waals surface area (Å²) in [6.45, 7) is 3.02. The molecule has 1 saturated heterocycles. The Bertz CT molecular complexity index is 741. The molecule has 0 atom stereocenters. The molecule has 122 valence electrons. The van der Waals surface area contributed by atoms with Gasteiger partial charge >= 0.3 is 0 Å². The van der Waals surface area contributed by atoms with Gasteiger partial charge in [-0.3, -0.25) is 4.79 Å². The van der Waals surface area contributed by atoms with Crippen LogP contribution in [0.4, 0.5) is 10.3 Å². The van der Waals surface area contributed by atoms with E-state index in [0.717, 1.165) is 6.20 Å². The number of carbonyl (C=O) groups is 1. The standard InChI is InChI=1S/C14H16ClFN6O/c1-14(12(15)23)3-5-22(6-4-14)13-17-7-9(16)10(20-13)11-18-8-19-21(11)2/h7-8H,3-6H2,1-2H3. The molecule has 3 rings (SSSR count). The van der Waals surface area contributed by atoms with Crippen molar-refractivity contribution in [3.8, 4) is 11.5 Å². The van der Waals surface area contributed by atoms with E-state index in [1.807, 2.05) is 11.8 Å². The Morgan fingerprint density at radius 2 is 2.04 bits per heavy atom. The van der Waals surface area contributed by atoms with Crippen molar-refractivity contribution in [1.82, 2.24) is 24.7 Å². The summed E-state index contributed by atoms with van der Waals surface area (Å²) in [6.07, 6.45) is 3.69. The van der Waals surface area contributed by atoms with E-state index in [2.05, 4.69) is 20.1 Å². The molecule has 0 radical (unpaired) electrons. The third-order valence-corrected chi connectivity index (χ3v) is 4.74. The summed E-state index contributed by atoms with van der Waals surface area (Å²) in [5.74, 6) is 0.194. The van der Waals surface area contributed by atoms with Gasteiger partial charge in [0.2, 0.25) is 11.2 Å². The van der Waals surface area contributed by atoms with Gasteiger partial charge in [0.1, 0.15) is 12.0 Å². The van der Waals surface area contributed by atoms with Crippen LogP contribution in [0.2, 0.25) is 0 Å². The number of halogens is 2. The van der Waals surface area contributed by atoms with E-state index in [9.17, 15) is 9.18 Å². The molecule has 1 aliphatic heterocycles. The highest BCUT2D eigenvalue weighted by Gasteiger charge is 2.36. The number of nitrogens with zero attached hydrogens (tertiary/aromatic N) is 6. The summed E-state index contributed by atoms with van der Waals surface area (Å²) < 4.78 is 15.5. The molecule has 0 aliphatic carbocycles. The van der Waals surface area contributed by atoms with Gasteiger partial charge in [-0.15, -0.1) is 0 Å². The molecule has 3 heterocycles. The van der Waals surface area contributed by atoms with Crippen LogP contribution in [0.3, 0.4) is 0 Å². The first kappa shape index (κ1) is 15.8. The molecule has 2 aromatic heterocycles. The predicted octanol–water partition coefficient (Wildman–Crippen LogP) is 1.78. The highest BCUT2D eigenvalue weighted by molar-refractivity contribution is 6.64. The van der Waals surface area contributed by atoms with Crippen molar-refractivity contribution in [1.29, 1.82) is 0 Å². The molecule has 0 spiro atoms. The van der Waals surface area contributed by atoms with Gasteiger partial charge in [0.25, 0.3) is 0 Å². The van der Waals surface area contributed by atoms with E-state index in [4.69, 9.17) is 11.6 Å². The highest BCUT2D eigenvalue weighted by atomic mass is 35.5. The molecule has 1 aliphatic rings. The fourth-order valence-corrected chi connectivity index (χ4v) is 2.76. The number of hydrogen-bond acceptors (Lipinski definition) is 6. The van der Waals surface area contributed by atoms with Crippen molar-refractivity contribution in [2.24, 2.45) is 12.5 Å². The van der Waals surface area contributed by atoms with Gasteiger partial charge in [-0.2, -0.15) is 5.10 Å². The monoisotopic (exact) mass is 338 g/mol. The largest absolute Gasteiger partial charge is 0.341 e. The normalized spacial score (nSPS) is 17.3. The Morgan fingerprint density at radius 1 is 1.35 bits per heavy atom. The van der Waals surface area contributed by atoms with Crippen LogP contribution in [0, 0.1) is 11.2 Å². The average molecular weight is 339 g/mol. The molecule has 0 unspecified atom stereocenters. The molecule has 0 N–H and O–H groups in total. The van der Waals surface area contributed by atoms with Crippen LogP contribution < -0.4 is 4.90 Å². The summed E-state index contributed by atoms with van der Waals surface area (Å²) in [6, 6.07) is 0. The lowest BCUT2D eigenvalue weighted by atomic mass is 9.82. The molecule has 0 aromatic carbocycles. The van der Waals surface area contributed by atoms with Crippen molar-refractivity contribution in [2.45, 2.75) is 19.8 Å². The third kappa shape index (κ3) is 2.90. The van der Waals surface area contributed by atoms with Crippen molar-refractivity contribution < 1.29 is 9.18 Å². The first-order chi connectivity index (χ1) is 10.9. The Labute approximate surface area is 137 Å². The summed E-state index contributed by atoms with van der Waals surface area (Å²) in [5, 5.41) is 3.61. The van der Waals surface area contributed by atoms with Crippen LogP contribution in [0.15, 0.2) is 12.5 Å². The molecule has 0 amide bonds. The zero-order valence-corrected chi connectivity index (χ0v) is 13.6. The van der Waals surface area contributed by atoms with Crippen molar-refractivity contribution >= 4 is 22.8 Å². The minimum absolute atomic E-state index is 0.108. The van der Waals surface area contributed by atoms with Gasteiger partial charge in [-0.25, -0.2) is 24.0 Å². The summed E-state index contributed by atoms with van der Waals surface area (Å²) >= 11 is 5.67. The van der Waals surface area contributed by atoms with Crippen LogP contribution >= 0.6 is 11.6 Å². The summed E-state index contributed by atoms with van der Waals surface area (Å²) in [4.78, 5) is 25.8. The predicted molar refractivity (Wildman–Crippen MR) is 82.4 cm³/mol. The Balaban J connectivity index is 1.86. The van der Waals surface area contributed by atoms with Crippen molar-refractivity contribution in [3.05, 3.63) is 18.3 Å². The smallest absolute Gasteiger partial charge is 0.227 e. The van der Waals surface area contributed by atoms with Gasteiger partial charge in [0, 0.05) is 25.6 Å². The van der Waals surface area contributed by atoms with Crippen molar-refractivity contribution in [3.63, 3.8) is 0 Å². The maximum Gasteiger partial charge on any atom is 0.227 e. The number of carbonyl (C=O) groups excluding carboxylic acids is 1. The van der Waals surface area contributed by atoms with Gasteiger partial charge in [0.15, 0.2) is 11.6 Å². The Morgan fingerprint density at radius 3 is 2.61 bits per heavy atom. The quantitative estimate of drug-likeness (QED) is 0.794. The van der Waals surface area contributed by atoms with E-state index < -0.39 is 11.2 Å². The molecule has 23 heavy (non-hydrogen) atoms. The average Bonchev–Trinajstić information content (AvgIpc) is 2.94. The van der Waals surface area contributed by atoms with Gasteiger partial charge < -0.3 is 4.90 Å². The van der Waals surface area contributed by atoms with E-state index in [-0.39, 0.29) is 10.9 Å². The zero-order chi connectivity index (χ0) is 16.6. The fourth-order valence-electron chi connectivity index (χ4n) is 2.57. The molecule has 2 aromatic rings. The third-order valence-electron chi connectivity index (χ3n) is 4.28. The van der Waals surface area contributed by atoms with E-state index in [1.165, 1.54) is 11.0 Å². The SMILES string of the molecule is Cn1ncnc1-c1nc(N2CCC(C)(C(=O)Cl)CC2)ncc1F. The number of rotatable bonds is 3. The Hall–Kier alpha value is -2.09. The molecule has 0 saturated carbocycles. The lowest BCUT2D eigenvalue weighted by molar-refractivity contribution is -0.120. The zero-order valence-electron chi connectivity index (χ0n) is 12.8. The van der Waals surface area contributed by atoms with E-state index in [1.54, 1.807) is 7.05 Å². The second-order valence-electron chi connectivity index (χ2n) is 5.90. The minimum atomic E-state index is -0.553. The van der Waals surface area contributed by atoms with E-state index >= 15 is 0 Å². The molecule has 9 heteroatoms. The topological polar surface area (TPSA) is 76.8 Å². The first-order valence-electron chi connectivity index (χ1n) is 7.22. The maximum atomic E-state index is 14.0. The van der Waals surface area contributed by atoms with Crippen LogP contribution in [0.5, 0.6) is 0 Å². The summed E-state index contributed by atoms with van der Waals surface area (Å²) in [5.41, 5.74) is -0.415. The van der Waals surface area contributed by atoms with Crippen LogP contribution in [0.1, 0.15) is 19.8 Å². The van der Waals surface area contributed by atoms with Crippen LogP contribution in [-0.4, -0.2) is 43.1 Å². The summed E-state index contributed by atoms with van der Waals surface area (Å²) in [7, 11) is 1.67. The van der Waals surface area contributed by atoms with Crippen LogP contribution in [0.25, 0.3) is 11.5 Å². The number of piperidine rings is 1. The van der Waals surface area contributed by atoms with Gasteiger partial charge in [0.05, 0.1) is 6.20 Å². The lowest BCUT2D eigenvalue weighted by Gasteiger charge is -2.36. The first-order valence-corrected chi connectivity index (χ1v) is 7.60. The van der Waals surface area contributed by atoms with Crippen LogP contribution in [-0.2, 0) is 11.8 Å². The number of anilines is 1. The lowest BCUT2D eigenvalue weighted by Crippen LogP contribution is -2.42. The maximum absolute atomic E-state index is 14.0. The second kappa shape index (κ2) is 5.84. The molecular weight excluding hydrogens is 323 g/mol.